The summed E-state index contributed by atoms with van der Waals surface area (Å²) in [4.78, 5) is 24.2. The van der Waals surface area contributed by atoms with Gasteiger partial charge in [-0.1, -0.05) is 0 Å². The molecule has 1 amide bonds. The number of carboxylic acids is 1. The third kappa shape index (κ3) is 2.43. The summed E-state index contributed by atoms with van der Waals surface area (Å²) < 4.78 is 6.03. The number of carbonyl (C=O) groups excluding carboxylic acids is 1. The summed E-state index contributed by atoms with van der Waals surface area (Å²) in [7, 11) is 1.58. The van der Waals surface area contributed by atoms with Gasteiger partial charge in [0.05, 0.1) is 16.6 Å². The summed E-state index contributed by atoms with van der Waals surface area (Å²) in [6, 6.07) is 5.36. The van der Waals surface area contributed by atoms with Gasteiger partial charge in [-0.3, -0.25) is 9.59 Å². The van der Waals surface area contributed by atoms with Crippen LogP contribution in [0, 0.1) is 9.49 Å². The van der Waals surface area contributed by atoms with E-state index in [2.05, 4.69) is 22.6 Å². The van der Waals surface area contributed by atoms with Gasteiger partial charge in [0.2, 0.25) is 5.91 Å². The molecule has 1 aromatic carbocycles. The van der Waals surface area contributed by atoms with E-state index in [0.717, 1.165) is 9.32 Å². The number of aliphatic carboxylic acids is 1. The molecule has 1 atom stereocenters. The molecule has 18 heavy (non-hydrogen) atoms. The summed E-state index contributed by atoms with van der Waals surface area (Å²) in [5.74, 6) is -0.949. The third-order valence-corrected chi connectivity index (χ3v) is 3.76. The van der Waals surface area contributed by atoms with E-state index in [0.29, 0.717) is 5.69 Å². The minimum Gasteiger partial charge on any atom is -0.496 e. The predicted octanol–water partition coefficient (Wildman–Crippen LogP) is 1.74. The van der Waals surface area contributed by atoms with Gasteiger partial charge in [-0.05, 0) is 40.8 Å². The molecule has 1 aliphatic heterocycles. The molecule has 1 fully saturated rings. The summed E-state index contributed by atoms with van der Waals surface area (Å²) >= 11 is 2.12. The smallest absolute Gasteiger partial charge is 0.308 e. The van der Waals surface area contributed by atoms with Gasteiger partial charge in [0.15, 0.2) is 0 Å². The SMILES string of the molecule is COc1ccc(N2CC(C(=O)O)CC2=O)cc1I. The van der Waals surface area contributed by atoms with E-state index >= 15 is 0 Å². The average molecular weight is 361 g/mol. The van der Waals surface area contributed by atoms with Gasteiger partial charge >= 0.3 is 5.97 Å². The van der Waals surface area contributed by atoms with E-state index in [1.165, 1.54) is 4.90 Å². The Morgan fingerprint density at radius 3 is 2.78 bits per heavy atom. The molecule has 5 nitrogen and oxygen atoms in total. The number of carbonyl (C=O) groups is 2. The van der Waals surface area contributed by atoms with E-state index in [9.17, 15) is 9.59 Å². The molecule has 0 saturated carbocycles. The van der Waals surface area contributed by atoms with Crippen molar-refractivity contribution in [3.8, 4) is 5.75 Å². The fourth-order valence-corrected chi connectivity index (χ4v) is 2.66. The lowest BCUT2D eigenvalue weighted by molar-refractivity contribution is -0.141. The van der Waals surface area contributed by atoms with Crippen molar-refractivity contribution in [2.75, 3.05) is 18.6 Å². The predicted molar refractivity (Wildman–Crippen MR) is 73.8 cm³/mol. The van der Waals surface area contributed by atoms with Crippen molar-refractivity contribution in [1.82, 2.24) is 0 Å². The Hall–Kier alpha value is -1.31. The number of amides is 1. The van der Waals surface area contributed by atoms with Crippen LogP contribution in [-0.4, -0.2) is 30.6 Å². The van der Waals surface area contributed by atoms with Gasteiger partial charge in [-0.2, -0.15) is 0 Å². The summed E-state index contributed by atoms with van der Waals surface area (Å²) in [5, 5.41) is 8.93. The zero-order valence-electron chi connectivity index (χ0n) is 9.72. The molecule has 0 radical (unpaired) electrons. The van der Waals surface area contributed by atoms with Crippen LogP contribution in [0.3, 0.4) is 0 Å². The van der Waals surface area contributed by atoms with Gasteiger partial charge in [-0.15, -0.1) is 0 Å². The van der Waals surface area contributed by atoms with Crippen LogP contribution in [0.25, 0.3) is 0 Å². The van der Waals surface area contributed by atoms with Crippen molar-refractivity contribution in [3.63, 3.8) is 0 Å². The van der Waals surface area contributed by atoms with Crippen LogP contribution in [0.15, 0.2) is 18.2 Å². The second-order valence-electron chi connectivity index (χ2n) is 4.06. The van der Waals surface area contributed by atoms with Gasteiger partial charge in [0, 0.05) is 18.7 Å². The van der Waals surface area contributed by atoms with Crippen molar-refractivity contribution in [1.29, 1.82) is 0 Å². The summed E-state index contributed by atoms with van der Waals surface area (Å²) in [6.07, 6.45) is 0.0674. The second-order valence-corrected chi connectivity index (χ2v) is 5.22. The number of methoxy groups -OCH3 is 1. The molecule has 0 spiro atoms. The Morgan fingerprint density at radius 1 is 1.56 bits per heavy atom. The van der Waals surface area contributed by atoms with Crippen LogP contribution in [0.4, 0.5) is 5.69 Å². The number of hydrogen-bond donors (Lipinski definition) is 1. The highest BCUT2D eigenvalue weighted by Crippen LogP contribution is 2.30. The normalized spacial score (nSPS) is 19.1. The van der Waals surface area contributed by atoms with Crippen LogP contribution in [0.2, 0.25) is 0 Å². The molecular formula is C12H12INO4. The van der Waals surface area contributed by atoms with Crippen LogP contribution < -0.4 is 9.64 Å². The molecule has 1 unspecified atom stereocenters. The third-order valence-electron chi connectivity index (χ3n) is 2.92. The van der Waals surface area contributed by atoms with E-state index in [-0.39, 0.29) is 18.9 Å². The van der Waals surface area contributed by atoms with Gasteiger partial charge in [0.25, 0.3) is 0 Å². The number of carboxylic acid groups (broad SMARTS) is 1. The number of ether oxygens (including phenoxy) is 1. The Kier molecular flexibility index (Phi) is 3.74. The number of hydrogen-bond acceptors (Lipinski definition) is 3. The first-order chi connectivity index (χ1) is 8.52. The molecule has 2 rings (SSSR count). The van der Waals surface area contributed by atoms with Crippen LogP contribution in [0.1, 0.15) is 6.42 Å². The monoisotopic (exact) mass is 361 g/mol. The first kappa shape index (κ1) is 13.1. The van der Waals surface area contributed by atoms with Gasteiger partial charge in [-0.25, -0.2) is 0 Å². The fourth-order valence-electron chi connectivity index (χ4n) is 1.95. The average Bonchev–Trinajstić information content (AvgIpc) is 2.71. The van der Waals surface area contributed by atoms with E-state index in [1.54, 1.807) is 19.2 Å². The van der Waals surface area contributed by atoms with Crippen LogP contribution >= 0.6 is 22.6 Å². The number of rotatable bonds is 3. The van der Waals surface area contributed by atoms with Crippen molar-refractivity contribution in [2.45, 2.75) is 6.42 Å². The minimum atomic E-state index is -0.922. The zero-order chi connectivity index (χ0) is 13.3. The van der Waals surface area contributed by atoms with Gasteiger partial charge in [0.1, 0.15) is 5.75 Å². The van der Waals surface area contributed by atoms with Crippen LogP contribution in [0.5, 0.6) is 5.75 Å². The number of halogens is 1. The van der Waals surface area contributed by atoms with Crippen molar-refractivity contribution < 1.29 is 19.4 Å². The Bertz CT molecular complexity index is 503. The summed E-state index contributed by atoms with van der Waals surface area (Å²) in [6.45, 7) is 0.233. The van der Waals surface area contributed by atoms with E-state index in [4.69, 9.17) is 9.84 Å². The van der Waals surface area contributed by atoms with Crippen LogP contribution in [-0.2, 0) is 9.59 Å². The maximum absolute atomic E-state index is 11.8. The highest BCUT2D eigenvalue weighted by atomic mass is 127. The van der Waals surface area contributed by atoms with E-state index < -0.39 is 11.9 Å². The molecule has 6 heteroatoms. The first-order valence-corrected chi connectivity index (χ1v) is 6.47. The van der Waals surface area contributed by atoms with Crippen molar-refractivity contribution in [3.05, 3.63) is 21.8 Å². The van der Waals surface area contributed by atoms with Crippen molar-refractivity contribution in [2.24, 2.45) is 5.92 Å². The Balaban J connectivity index is 2.24. The molecule has 0 aromatic heterocycles. The van der Waals surface area contributed by atoms with Crippen molar-refractivity contribution >= 4 is 40.2 Å². The molecular weight excluding hydrogens is 349 g/mol. The second kappa shape index (κ2) is 5.13. The van der Waals surface area contributed by atoms with Gasteiger partial charge < -0.3 is 14.7 Å². The molecule has 1 aromatic rings. The number of anilines is 1. The molecule has 1 N–H and O–H groups in total. The molecule has 96 valence electrons. The Morgan fingerprint density at radius 2 is 2.28 bits per heavy atom. The molecule has 1 aliphatic rings. The molecule has 1 heterocycles. The lowest BCUT2D eigenvalue weighted by Gasteiger charge is -2.17. The quantitative estimate of drug-likeness (QED) is 0.833. The first-order valence-electron chi connectivity index (χ1n) is 5.39. The molecule has 0 bridgehead atoms. The highest BCUT2D eigenvalue weighted by molar-refractivity contribution is 14.1. The highest BCUT2D eigenvalue weighted by Gasteiger charge is 2.35. The lowest BCUT2D eigenvalue weighted by Crippen LogP contribution is -2.25. The lowest BCUT2D eigenvalue weighted by atomic mass is 10.1. The molecule has 1 saturated heterocycles. The standard InChI is InChI=1S/C12H12INO4/c1-18-10-3-2-8(5-9(10)13)14-6-7(12(16)17)4-11(14)15/h2-3,5,7H,4,6H2,1H3,(H,16,17). The summed E-state index contributed by atoms with van der Waals surface area (Å²) in [5.41, 5.74) is 0.717. The fraction of sp³-hybridized carbons (Fsp3) is 0.333. The maximum Gasteiger partial charge on any atom is 0.308 e. The molecule has 0 aliphatic carbocycles. The Labute approximate surface area is 118 Å². The van der Waals surface area contributed by atoms with E-state index in [1.807, 2.05) is 6.07 Å². The zero-order valence-corrected chi connectivity index (χ0v) is 11.9. The number of nitrogens with zero attached hydrogens (tertiary/aromatic N) is 1. The maximum atomic E-state index is 11.8. The largest absolute Gasteiger partial charge is 0.496 e. The topological polar surface area (TPSA) is 66.8 Å². The minimum absolute atomic E-state index is 0.0674. The number of benzene rings is 1.